The van der Waals surface area contributed by atoms with Gasteiger partial charge in [0.2, 0.25) is 5.91 Å². The number of ether oxygens (including phenoxy) is 1. The largest absolute Gasteiger partial charge is 0.367 e. The number of piperazine rings is 1. The van der Waals surface area contributed by atoms with Gasteiger partial charge >= 0.3 is 0 Å². The molecule has 4 atom stereocenters. The molecule has 13 heteroatoms. The molecule has 1 N–H and O–H groups in total. The molecule has 0 bridgehead atoms. The van der Waals surface area contributed by atoms with Crippen LogP contribution in [0.2, 0.25) is 0 Å². The number of likely N-dealkylation sites (tertiary alicyclic amines) is 1. The van der Waals surface area contributed by atoms with Crippen LogP contribution in [0.1, 0.15) is 44.0 Å². The molecule has 224 valence electrons. The number of ketones is 1. The Bertz CT molecular complexity index is 1330. The minimum absolute atomic E-state index is 0.0766. The third-order valence-electron chi connectivity index (χ3n) is 8.07. The Morgan fingerprint density at radius 3 is 2.62 bits per heavy atom. The standard InChI is InChI=1S/C29H38N8O4S/c1-4-9-35-10-12-36(13-11-35)29-32-23(17-42-29)19-5-7-20(8-6-19)27(39)31-21(14-18(2)3)28(40)37-15-22(33-34-30)26-25(37)24(38)16-41-26/h5-8,17-18,21-22,25-26H,4,9-16H2,1-3H3,(H,31,39)/t21-,22+,25+,26+/m0/s1. The summed E-state index contributed by atoms with van der Waals surface area (Å²) in [6.07, 6.45) is 0.905. The zero-order chi connectivity index (χ0) is 29.8. The van der Waals surface area contributed by atoms with Gasteiger partial charge < -0.3 is 19.9 Å². The highest BCUT2D eigenvalue weighted by Gasteiger charge is 2.53. The van der Waals surface area contributed by atoms with E-state index in [1.165, 1.54) is 11.3 Å². The lowest BCUT2D eigenvalue weighted by Gasteiger charge is -2.34. The van der Waals surface area contributed by atoms with Gasteiger partial charge in [-0.15, -0.1) is 11.3 Å². The SMILES string of the molecule is CCCN1CCN(c2nc(-c3ccc(C(=O)N[C@@H](CC(C)C)C(=O)N4C[C@@H](N=[N+]=[N-])[C@H]5OCC(=O)[C@H]54)cc3)cs2)CC1. The summed E-state index contributed by atoms with van der Waals surface area (Å²) in [6, 6.07) is 4.93. The molecule has 1 aromatic carbocycles. The summed E-state index contributed by atoms with van der Waals surface area (Å²) in [6.45, 7) is 11.3. The number of thiazole rings is 1. The van der Waals surface area contributed by atoms with Crippen LogP contribution in [-0.2, 0) is 14.3 Å². The molecule has 4 heterocycles. The number of carbonyl (C=O) groups is 3. The molecule has 1 aromatic heterocycles. The molecule has 3 aliphatic rings. The summed E-state index contributed by atoms with van der Waals surface area (Å²) in [5, 5.41) is 9.69. The van der Waals surface area contributed by atoms with Crippen LogP contribution >= 0.6 is 11.3 Å². The van der Waals surface area contributed by atoms with Gasteiger partial charge in [0.25, 0.3) is 5.91 Å². The van der Waals surface area contributed by atoms with Crippen molar-refractivity contribution in [3.8, 4) is 11.3 Å². The van der Waals surface area contributed by atoms with Crippen LogP contribution in [0.3, 0.4) is 0 Å². The number of nitrogens with zero attached hydrogens (tertiary/aromatic N) is 7. The quantitative estimate of drug-likeness (QED) is 0.252. The molecule has 5 rings (SSSR count). The molecule has 0 spiro atoms. The molecular formula is C29H38N8O4S. The Balaban J connectivity index is 1.24. The molecule has 2 aromatic rings. The second-order valence-corrected chi connectivity index (χ2v) is 12.4. The Morgan fingerprint density at radius 2 is 1.95 bits per heavy atom. The van der Waals surface area contributed by atoms with E-state index in [0.717, 1.165) is 49.1 Å². The Kier molecular flexibility index (Phi) is 9.42. The van der Waals surface area contributed by atoms with Crippen molar-refractivity contribution >= 4 is 34.1 Å². The van der Waals surface area contributed by atoms with Gasteiger partial charge in [-0.2, -0.15) is 0 Å². The minimum atomic E-state index is -0.838. The second kappa shape index (κ2) is 13.2. The summed E-state index contributed by atoms with van der Waals surface area (Å²) in [7, 11) is 0. The van der Waals surface area contributed by atoms with Gasteiger partial charge in [0.05, 0.1) is 17.8 Å². The highest BCUT2D eigenvalue weighted by molar-refractivity contribution is 7.14. The molecule has 3 saturated heterocycles. The first-order chi connectivity index (χ1) is 20.3. The van der Waals surface area contributed by atoms with Gasteiger partial charge in [-0.25, -0.2) is 4.98 Å². The van der Waals surface area contributed by atoms with E-state index < -0.39 is 24.2 Å². The summed E-state index contributed by atoms with van der Waals surface area (Å²) in [4.78, 5) is 53.4. The summed E-state index contributed by atoms with van der Waals surface area (Å²) >= 11 is 1.63. The zero-order valence-corrected chi connectivity index (χ0v) is 25.1. The third-order valence-corrected chi connectivity index (χ3v) is 8.97. The highest BCUT2D eigenvalue weighted by atomic mass is 32.1. The lowest BCUT2D eigenvalue weighted by molar-refractivity contribution is -0.138. The van der Waals surface area contributed by atoms with Crippen molar-refractivity contribution in [1.29, 1.82) is 0 Å². The molecule has 3 fully saturated rings. The van der Waals surface area contributed by atoms with Gasteiger partial charge in [0, 0.05) is 54.1 Å². The van der Waals surface area contributed by atoms with Crippen molar-refractivity contribution in [2.24, 2.45) is 11.0 Å². The van der Waals surface area contributed by atoms with Crippen molar-refractivity contribution < 1.29 is 19.1 Å². The number of carbonyl (C=O) groups excluding carboxylic acids is 3. The topological polar surface area (TPSA) is 144 Å². The number of benzene rings is 1. The van der Waals surface area contributed by atoms with Crippen molar-refractivity contribution in [3.63, 3.8) is 0 Å². The van der Waals surface area contributed by atoms with Crippen molar-refractivity contribution in [3.05, 3.63) is 45.7 Å². The first-order valence-corrected chi connectivity index (χ1v) is 15.5. The van der Waals surface area contributed by atoms with Crippen LogP contribution in [0.25, 0.3) is 21.7 Å². The number of nitrogens with one attached hydrogen (secondary N) is 1. The maximum absolute atomic E-state index is 13.7. The second-order valence-electron chi connectivity index (χ2n) is 11.5. The summed E-state index contributed by atoms with van der Waals surface area (Å²) in [5.74, 6) is -0.861. The van der Waals surface area contributed by atoms with Crippen LogP contribution in [-0.4, -0.2) is 102 Å². The average molecular weight is 595 g/mol. The van der Waals surface area contributed by atoms with Crippen LogP contribution in [0.5, 0.6) is 0 Å². The molecule has 0 radical (unpaired) electrons. The van der Waals surface area contributed by atoms with E-state index in [1.54, 1.807) is 23.5 Å². The lowest BCUT2D eigenvalue weighted by Crippen LogP contribution is -2.52. The fraction of sp³-hybridized carbons (Fsp3) is 0.586. The number of aromatic nitrogens is 1. The normalized spacial score (nSPS) is 23.1. The molecule has 3 aliphatic heterocycles. The maximum Gasteiger partial charge on any atom is 0.251 e. The van der Waals surface area contributed by atoms with Gasteiger partial charge in [-0.1, -0.05) is 38.0 Å². The number of azide groups is 1. The van der Waals surface area contributed by atoms with Crippen LogP contribution in [0.15, 0.2) is 34.8 Å². The van der Waals surface area contributed by atoms with Gasteiger partial charge in [0.15, 0.2) is 10.9 Å². The van der Waals surface area contributed by atoms with Gasteiger partial charge in [-0.05, 0) is 43.0 Å². The van der Waals surface area contributed by atoms with E-state index in [0.29, 0.717) is 12.0 Å². The number of amides is 2. The van der Waals surface area contributed by atoms with E-state index in [2.05, 4.69) is 32.1 Å². The van der Waals surface area contributed by atoms with Gasteiger partial charge in [-0.3, -0.25) is 19.3 Å². The van der Waals surface area contributed by atoms with E-state index in [1.807, 2.05) is 31.4 Å². The molecule has 2 amide bonds. The Morgan fingerprint density at radius 1 is 1.21 bits per heavy atom. The average Bonchev–Trinajstić information content (AvgIpc) is 3.71. The van der Waals surface area contributed by atoms with Gasteiger partial charge in [0.1, 0.15) is 18.7 Å². The number of hydrogen-bond donors (Lipinski definition) is 1. The Hall–Kier alpha value is -3.51. The van der Waals surface area contributed by atoms with E-state index in [-0.39, 0.29) is 36.7 Å². The van der Waals surface area contributed by atoms with Crippen molar-refractivity contribution in [2.45, 2.75) is 57.8 Å². The summed E-state index contributed by atoms with van der Waals surface area (Å²) in [5.41, 5.74) is 11.1. The molecule has 12 nitrogen and oxygen atoms in total. The van der Waals surface area contributed by atoms with Crippen LogP contribution in [0.4, 0.5) is 5.13 Å². The first-order valence-electron chi connectivity index (χ1n) is 14.6. The van der Waals surface area contributed by atoms with Crippen LogP contribution in [0, 0.1) is 5.92 Å². The maximum atomic E-state index is 13.7. The monoisotopic (exact) mass is 594 g/mol. The molecular weight excluding hydrogens is 556 g/mol. The number of anilines is 1. The van der Waals surface area contributed by atoms with E-state index in [4.69, 9.17) is 15.3 Å². The first kappa shape index (κ1) is 30.0. The minimum Gasteiger partial charge on any atom is -0.367 e. The molecule has 0 aliphatic carbocycles. The van der Waals surface area contributed by atoms with Crippen molar-refractivity contribution in [1.82, 2.24) is 20.1 Å². The molecule has 42 heavy (non-hydrogen) atoms. The fourth-order valence-electron chi connectivity index (χ4n) is 5.97. The van der Waals surface area contributed by atoms with E-state index >= 15 is 0 Å². The zero-order valence-electron chi connectivity index (χ0n) is 24.3. The summed E-state index contributed by atoms with van der Waals surface area (Å²) < 4.78 is 5.54. The highest BCUT2D eigenvalue weighted by Crippen LogP contribution is 2.31. The Labute approximate surface area is 249 Å². The number of hydrogen-bond acceptors (Lipinski definition) is 9. The third kappa shape index (κ3) is 6.44. The number of fused-ring (bicyclic) bond motifs is 1. The number of rotatable bonds is 10. The lowest BCUT2D eigenvalue weighted by atomic mass is 10.0. The van der Waals surface area contributed by atoms with Crippen LogP contribution < -0.4 is 10.2 Å². The number of Topliss-reactive ketones (excluding diaryl/α,β-unsaturated/α-hetero) is 1. The fourth-order valence-corrected chi connectivity index (χ4v) is 6.86. The predicted molar refractivity (Wildman–Crippen MR) is 160 cm³/mol. The smallest absolute Gasteiger partial charge is 0.251 e. The molecule has 0 unspecified atom stereocenters. The van der Waals surface area contributed by atoms with E-state index in [9.17, 15) is 14.4 Å². The predicted octanol–water partition coefficient (Wildman–Crippen LogP) is 3.34. The molecule has 0 saturated carbocycles. The van der Waals surface area contributed by atoms with Crippen molar-refractivity contribution in [2.75, 3.05) is 50.8 Å².